The summed E-state index contributed by atoms with van der Waals surface area (Å²) in [6, 6.07) is 64.9. The Bertz CT molecular complexity index is 3690. The molecule has 0 aliphatic carbocycles. The lowest BCUT2D eigenvalue weighted by atomic mass is 9.80. The standard InChI is InChI=1S/C60H46/c1-59(2,3)38-28-27-37-31-39(60(4,5)6)33-49(48(37)32-38)42-29-30-47-54-44(42)24-16-26-46(54)57-52(35-17-9-7-10-18-35)51-34-50-41-22-14-13-21-40(41)43-23-15-25-45(55(43)50)56(51)53(58(47)57)36-19-11-8-12-20-36/h7-34H,1-6H3. The van der Waals surface area contributed by atoms with Crippen LogP contribution in [0.25, 0.3) is 120 Å². The molecule has 0 nitrogen and oxygen atoms in total. The van der Waals surface area contributed by atoms with Gasteiger partial charge in [0.1, 0.15) is 0 Å². The summed E-state index contributed by atoms with van der Waals surface area (Å²) in [5, 5.41) is 21.2. The maximum Gasteiger partial charge on any atom is -0.000719 e. The van der Waals surface area contributed by atoms with Gasteiger partial charge >= 0.3 is 0 Å². The SMILES string of the molecule is CC(C)(C)c1cc(-c2ccc3c4c(-c5ccccc5)c5c(cc6c7ccccc7c7cccc5c76)c(-c5ccccc5)c4c4cccc2c43)c2cc(C(C)(C)C)ccc2c1. The van der Waals surface area contributed by atoms with E-state index in [1.165, 1.54) is 131 Å². The van der Waals surface area contributed by atoms with Gasteiger partial charge in [0, 0.05) is 0 Å². The van der Waals surface area contributed by atoms with Gasteiger partial charge in [0.15, 0.2) is 0 Å². The molecule has 60 heavy (non-hydrogen) atoms. The maximum absolute atomic E-state index is 2.54. The van der Waals surface area contributed by atoms with Gasteiger partial charge in [-0.05, 0) is 154 Å². The first kappa shape index (κ1) is 35.2. The molecule has 0 radical (unpaired) electrons. The molecule has 12 rings (SSSR count). The van der Waals surface area contributed by atoms with Crippen molar-refractivity contribution in [3.8, 4) is 33.4 Å². The van der Waals surface area contributed by atoms with E-state index in [2.05, 4.69) is 211 Å². The van der Waals surface area contributed by atoms with Gasteiger partial charge in [-0.1, -0.05) is 199 Å². The first-order chi connectivity index (χ1) is 29.1. The first-order valence-electron chi connectivity index (χ1n) is 21.5. The van der Waals surface area contributed by atoms with Crippen LogP contribution in [0.4, 0.5) is 0 Å². The highest BCUT2D eigenvalue weighted by atomic mass is 14.3. The zero-order valence-electron chi connectivity index (χ0n) is 35.2. The normalized spacial score (nSPS) is 12.8. The summed E-state index contributed by atoms with van der Waals surface area (Å²) in [7, 11) is 0. The molecular formula is C60H46. The van der Waals surface area contributed by atoms with Crippen molar-refractivity contribution in [3.05, 3.63) is 181 Å². The number of rotatable bonds is 3. The summed E-state index contributed by atoms with van der Waals surface area (Å²) in [4.78, 5) is 0. The molecule has 0 aromatic heterocycles. The van der Waals surface area contributed by atoms with Crippen molar-refractivity contribution in [1.29, 1.82) is 0 Å². The Balaban J connectivity index is 1.32. The molecule has 0 heterocycles. The quantitative estimate of drug-likeness (QED) is 0.157. The van der Waals surface area contributed by atoms with Gasteiger partial charge in [-0.2, -0.15) is 0 Å². The minimum atomic E-state index is -0.00338. The molecule has 0 amide bonds. The predicted molar refractivity (Wildman–Crippen MR) is 263 cm³/mol. The zero-order valence-corrected chi connectivity index (χ0v) is 35.2. The second kappa shape index (κ2) is 12.4. The molecule has 0 spiro atoms. The first-order valence-corrected chi connectivity index (χ1v) is 21.5. The molecule has 0 aliphatic rings. The summed E-state index contributed by atoms with van der Waals surface area (Å²) in [6.45, 7) is 14.0. The fraction of sp³-hybridized carbons (Fsp3) is 0.133. The molecule has 0 unspecified atom stereocenters. The van der Waals surface area contributed by atoms with E-state index in [0.29, 0.717) is 0 Å². The molecule has 12 aromatic carbocycles. The fourth-order valence-corrected chi connectivity index (χ4v) is 10.7. The number of fused-ring (bicyclic) bond motifs is 9. The highest BCUT2D eigenvalue weighted by Crippen LogP contribution is 2.55. The molecule has 0 N–H and O–H groups in total. The summed E-state index contributed by atoms with van der Waals surface area (Å²) < 4.78 is 0. The monoisotopic (exact) mass is 766 g/mol. The second-order valence-corrected chi connectivity index (χ2v) is 19.2. The summed E-state index contributed by atoms with van der Waals surface area (Å²) in [5.74, 6) is 0. The van der Waals surface area contributed by atoms with Crippen LogP contribution in [-0.2, 0) is 10.8 Å². The number of benzene rings is 10. The van der Waals surface area contributed by atoms with Crippen molar-refractivity contribution in [3.63, 3.8) is 0 Å². The average Bonchev–Trinajstić information content (AvgIpc) is 3.76. The molecule has 0 fully saturated rings. The van der Waals surface area contributed by atoms with Crippen LogP contribution in [-0.4, -0.2) is 0 Å². The van der Waals surface area contributed by atoms with Crippen LogP contribution in [0.2, 0.25) is 0 Å². The number of hydrogen-bond donors (Lipinski definition) is 0. The third kappa shape index (κ3) is 4.91. The Labute approximate surface area is 351 Å². The van der Waals surface area contributed by atoms with E-state index in [4.69, 9.17) is 0 Å². The molecule has 0 aliphatic heterocycles. The minimum absolute atomic E-state index is 0.00338. The van der Waals surface area contributed by atoms with Crippen molar-refractivity contribution >= 4 is 86.2 Å². The van der Waals surface area contributed by atoms with Gasteiger partial charge in [-0.25, -0.2) is 0 Å². The molecule has 12 aromatic rings. The van der Waals surface area contributed by atoms with E-state index < -0.39 is 0 Å². The molecule has 0 bridgehead atoms. The molecule has 0 atom stereocenters. The van der Waals surface area contributed by atoms with Crippen LogP contribution in [0.3, 0.4) is 0 Å². The Kier molecular flexibility index (Phi) is 7.27. The highest BCUT2D eigenvalue weighted by molar-refractivity contribution is 6.45. The Morgan fingerprint density at radius 2 is 0.800 bits per heavy atom. The molecule has 0 heteroatoms. The molecule has 0 saturated heterocycles. The molecule has 286 valence electrons. The molecular weight excluding hydrogens is 721 g/mol. The van der Waals surface area contributed by atoms with Gasteiger partial charge in [0.05, 0.1) is 0 Å². The van der Waals surface area contributed by atoms with Crippen LogP contribution in [0, 0.1) is 0 Å². The van der Waals surface area contributed by atoms with Crippen LogP contribution < -0.4 is 0 Å². The Morgan fingerprint density at radius 1 is 0.267 bits per heavy atom. The topological polar surface area (TPSA) is 0 Å². The van der Waals surface area contributed by atoms with E-state index in [1.54, 1.807) is 0 Å². The lowest BCUT2D eigenvalue weighted by molar-refractivity contribution is 0.589. The highest BCUT2D eigenvalue weighted by Gasteiger charge is 2.28. The molecule has 0 saturated carbocycles. The fourth-order valence-electron chi connectivity index (χ4n) is 10.7. The third-order valence-electron chi connectivity index (χ3n) is 13.6. The van der Waals surface area contributed by atoms with Crippen LogP contribution in [0.1, 0.15) is 52.7 Å². The second-order valence-electron chi connectivity index (χ2n) is 19.2. The largest absolute Gasteiger partial charge is 0.0622 e. The number of hydrogen-bond acceptors (Lipinski definition) is 0. The minimum Gasteiger partial charge on any atom is -0.0622 e. The maximum atomic E-state index is 2.54. The average molecular weight is 767 g/mol. The summed E-state index contributed by atoms with van der Waals surface area (Å²) in [6.07, 6.45) is 0. The lowest BCUT2D eigenvalue weighted by Crippen LogP contribution is -2.12. The summed E-state index contributed by atoms with van der Waals surface area (Å²) in [5.41, 5.74) is 10.5. The van der Waals surface area contributed by atoms with Gasteiger partial charge < -0.3 is 0 Å². The van der Waals surface area contributed by atoms with Gasteiger partial charge in [0.2, 0.25) is 0 Å². The third-order valence-corrected chi connectivity index (χ3v) is 13.6. The Morgan fingerprint density at radius 3 is 1.48 bits per heavy atom. The summed E-state index contributed by atoms with van der Waals surface area (Å²) >= 11 is 0. The van der Waals surface area contributed by atoms with E-state index >= 15 is 0 Å². The van der Waals surface area contributed by atoms with Gasteiger partial charge in [-0.3, -0.25) is 0 Å². The van der Waals surface area contributed by atoms with Crippen molar-refractivity contribution in [2.24, 2.45) is 0 Å². The van der Waals surface area contributed by atoms with Crippen molar-refractivity contribution in [2.45, 2.75) is 52.4 Å². The van der Waals surface area contributed by atoms with E-state index in [1.807, 2.05) is 0 Å². The smallest absolute Gasteiger partial charge is 0.000719 e. The van der Waals surface area contributed by atoms with Crippen molar-refractivity contribution in [2.75, 3.05) is 0 Å². The van der Waals surface area contributed by atoms with Crippen molar-refractivity contribution in [1.82, 2.24) is 0 Å². The van der Waals surface area contributed by atoms with E-state index in [9.17, 15) is 0 Å². The van der Waals surface area contributed by atoms with Crippen LogP contribution in [0.15, 0.2) is 170 Å². The van der Waals surface area contributed by atoms with Crippen LogP contribution in [0.5, 0.6) is 0 Å². The van der Waals surface area contributed by atoms with E-state index in [0.717, 1.165) is 0 Å². The zero-order chi connectivity index (χ0) is 40.7. The lowest BCUT2D eigenvalue weighted by Gasteiger charge is -2.24. The van der Waals surface area contributed by atoms with E-state index in [-0.39, 0.29) is 10.8 Å². The van der Waals surface area contributed by atoms with Crippen molar-refractivity contribution < 1.29 is 0 Å². The van der Waals surface area contributed by atoms with Gasteiger partial charge in [0.25, 0.3) is 0 Å². The van der Waals surface area contributed by atoms with Crippen LogP contribution >= 0.6 is 0 Å². The Hall–Kier alpha value is -6.76. The van der Waals surface area contributed by atoms with Gasteiger partial charge in [-0.15, -0.1) is 0 Å². The predicted octanol–water partition coefficient (Wildman–Crippen LogP) is 17.4.